The highest BCUT2D eigenvalue weighted by molar-refractivity contribution is 5.29. The Morgan fingerprint density at radius 3 is 2.66 bits per heavy atom. The molecule has 2 atom stereocenters. The summed E-state index contributed by atoms with van der Waals surface area (Å²) < 4.78 is 29.6. The topological polar surface area (TPSA) is 112 Å². The van der Waals surface area contributed by atoms with Gasteiger partial charge in [0, 0.05) is 43.9 Å². The third-order valence-corrected chi connectivity index (χ3v) is 5.44. The van der Waals surface area contributed by atoms with Crippen molar-refractivity contribution in [2.75, 3.05) is 31.1 Å². The summed E-state index contributed by atoms with van der Waals surface area (Å²) in [6, 6.07) is 2.72. The summed E-state index contributed by atoms with van der Waals surface area (Å²) >= 11 is 0. The summed E-state index contributed by atoms with van der Waals surface area (Å²) in [6.07, 6.45) is 2.79. The van der Waals surface area contributed by atoms with Crippen molar-refractivity contribution in [1.82, 2.24) is 40.3 Å². The summed E-state index contributed by atoms with van der Waals surface area (Å²) in [5.74, 6) is -0.986. The van der Waals surface area contributed by atoms with Crippen molar-refractivity contribution >= 4 is 5.95 Å². The largest absolute Gasteiger partial charge is 0.381 e. The van der Waals surface area contributed by atoms with Crippen LogP contribution in [0.1, 0.15) is 12.5 Å². The first-order valence-electron chi connectivity index (χ1n) is 9.20. The van der Waals surface area contributed by atoms with Crippen molar-refractivity contribution in [3.05, 3.63) is 48.1 Å². The van der Waals surface area contributed by atoms with Crippen LogP contribution in [0.2, 0.25) is 0 Å². The van der Waals surface area contributed by atoms with Crippen LogP contribution in [-0.2, 0) is 12.1 Å². The van der Waals surface area contributed by atoms with Gasteiger partial charge in [0.15, 0.2) is 0 Å². The monoisotopic (exact) mass is 405 g/mol. The van der Waals surface area contributed by atoms with Crippen LogP contribution in [0, 0.1) is 11.6 Å². The maximum Gasteiger partial charge on any atom is 0.265 e. The van der Waals surface area contributed by atoms with E-state index >= 15 is 0 Å². The van der Waals surface area contributed by atoms with E-state index in [2.05, 4.69) is 35.6 Å². The van der Waals surface area contributed by atoms with Gasteiger partial charge in [0.1, 0.15) is 29.9 Å². The SMILES string of the molecule is CC(N1CCN(c2nn[nH]n2)CC1)C(O)(Cn1cncn1)c1ccc(F)cc1F. The summed E-state index contributed by atoms with van der Waals surface area (Å²) in [5, 5.41) is 29.7. The number of nitrogens with one attached hydrogen (secondary N) is 1. The molecule has 0 bridgehead atoms. The van der Waals surface area contributed by atoms with Crippen molar-refractivity contribution in [3.8, 4) is 0 Å². The number of aromatic nitrogens is 7. The lowest BCUT2D eigenvalue weighted by atomic mass is 9.85. The predicted molar refractivity (Wildman–Crippen MR) is 97.7 cm³/mol. The maximum absolute atomic E-state index is 14.7. The van der Waals surface area contributed by atoms with E-state index in [1.54, 1.807) is 0 Å². The van der Waals surface area contributed by atoms with E-state index in [0.717, 1.165) is 12.1 Å². The second-order valence-corrected chi connectivity index (χ2v) is 7.05. The first-order chi connectivity index (χ1) is 14.0. The molecular formula is C17H21F2N9O. The zero-order chi connectivity index (χ0) is 20.4. The van der Waals surface area contributed by atoms with Gasteiger partial charge in [-0.05, 0) is 18.2 Å². The first-order valence-corrected chi connectivity index (χ1v) is 9.20. The van der Waals surface area contributed by atoms with Crippen molar-refractivity contribution in [2.24, 2.45) is 0 Å². The van der Waals surface area contributed by atoms with Gasteiger partial charge in [-0.1, -0.05) is 11.2 Å². The molecule has 0 radical (unpaired) electrons. The minimum atomic E-state index is -1.65. The van der Waals surface area contributed by atoms with Crippen LogP contribution in [0.5, 0.6) is 0 Å². The summed E-state index contributed by atoms with van der Waals surface area (Å²) in [4.78, 5) is 7.92. The van der Waals surface area contributed by atoms with E-state index in [1.165, 1.54) is 23.4 Å². The molecule has 4 rings (SSSR count). The molecule has 1 fully saturated rings. The number of piperazine rings is 1. The number of aliphatic hydroxyl groups is 1. The molecule has 3 aromatic rings. The normalized spacial score (nSPS) is 18.6. The van der Waals surface area contributed by atoms with E-state index in [4.69, 9.17) is 0 Å². The highest BCUT2D eigenvalue weighted by Gasteiger charge is 2.42. The fourth-order valence-corrected chi connectivity index (χ4v) is 3.75. The number of tetrazole rings is 1. The van der Waals surface area contributed by atoms with Crippen LogP contribution in [0.15, 0.2) is 30.9 Å². The van der Waals surface area contributed by atoms with Gasteiger partial charge in [0.05, 0.1) is 6.54 Å². The Balaban J connectivity index is 1.59. The number of H-pyrrole nitrogens is 1. The summed E-state index contributed by atoms with van der Waals surface area (Å²) in [5.41, 5.74) is -1.64. The van der Waals surface area contributed by atoms with Crippen LogP contribution >= 0.6 is 0 Å². The smallest absolute Gasteiger partial charge is 0.265 e. The molecule has 1 aliphatic rings. The Morgan fingerprint density at radius 2 is 2.03 bits per heavy atom. The zero-order valence-electron chi connectivity index (χ0n) is 15.8. The Kier molecular flexibility index (Phi) is 5.20. The Hall–Kier alpha value is -2.99. The number of anilines is 1. The van der Waals surface area contributed by atoms with Crippen LogP contribution in [0.4, 0.5) is 14.7 Å². The number of benzene rings is 1. The van der Waals surface area contributed by atoms with Crippen LogP contribution in [0.25, 0.3) is 0 Å². The molecule has 154 valence electrons. The van der Waals surface area contributed by atoms with Gasteiger partial charge in [0.25, 0.3) is 5.95 Å². The van der Waals surface area contributed by atoms with E-state index in [9.17, 15) is 13.9 Å². The second-order valence-electron chi connectivity index (χ2n) is 7.05. The zero-order valence-corrected chi connectivity index (χ0v) is 15.8. The molecule has 0 spiro atoms. The highest BCUT2D eigenvalue weighted by Crippen LogP contribution is 2.33. The molecule has 12 heteroatoms. The predicted octanol–water partition coefficient (Wildman–Crippen LogP) is 0.168. The lowest BCUT2D eigenvalue weighted by Gasteiger charge is -2.44. The molecule has 2 aromatic heterocycles. The van der Waals surface area contributed by atoms with Gasteiger partial charge >= 0.3 is 0 Å². The number of halogens is 2. The molecule has 1 aromatic carbocycles. The molecule has 0 saturated carbocycles. The fraction of sp³-hybridized carbons (Fsp3) is 0.471. The van der Waals surface area contributed by atoms with E-state index in [1.807, 2.05) is 11.8 Å². The molecule has 2 unspecified atom stereocenters. The Labute approximate surface area is 165 Å². The number of rotatable bonds is 6. The van der Waals surface area contributed by atoms with Gasteiger partial charge in [-0.3, -0.25) is 4.90 Å². The molecule has 1 saturated heterocycles. The van der Waals surface area contributed by atoms with E-state index in [-0.39, 0.29) is 12.1 Å². The molecule has 1 aliphatic heterocycles. The molecule has 0 aliphatic carbocycles. The van der Waals surface area contributed by atoms with Gasteiger partial charge < -0.3 is 10.0 Å². The van der Waals surface area contributed by atoms with Crippen molar-refractivity contribution in [3.63, 3.8) is 0 Å². The summed E-state index contributed by atoms with van der Waals surface area (Å²) in [7, 11) is 0. The number of hydrogen-bond donors (Lipinski definition) is 2. The molecule has 3 heterocycles. The van der Waals surface area contributed by atoms with Gasteiger partial charge in [-0.25, -0.2) is 18.4 Å². The van der Waals surface area contributed by atoms with Gasteiger partial charge in [0.2, 0.25) is 0 Å². The summed E-state index contributed by atoms with van der Waals surface area (Å²) in [6.45, 7) is 4.23. The van der Waals surface area contributed by atoms with Gasteiger partial charge in [-0.15, -0.1) is 5.10 Å². The molecule has 0 amide bonds. The van der Waals surface area contributed by atoms with Crippen LogP contribution in [0.3, 0.4) is 0 Å². The van der Waals surface area contributed by atoms with Crippen LogP contribution < -0.4 is 4.90 Å². The Morgan fingerprint density at radius 1 is 1.24 bits per heavy atom. The number of nitrogens with zero attached hydrogens (tertiary/aromatic N) is 8. The molecule has 10 nitrogen and oxygen atoms in total. The van der Waals surface area contributed by atoms with Crippen LogP contribution in [-0.4, -0.2) is 77.6 Å². The lowest BCUT2D eigenvalue weighted by molar-refractivity contribution is -0.0650. The number of hydrogen-bond acceptors (Lipinski definition) is 8. The number of aromatic amines is 1. The van der Waals surface area contributed by atoms with E-state index < -0.39 is 23.3 Å². The second kappa shape index (κ2) is 7.79. The quantitative estimate of drug-likeness (QED) is 0.597. The van der Waals surface area contributed by atoms with Gasteiger partial charge in [-0.2, -0.15) is 10.3 Å². The average Bonchev–Trinajstić information content (AvgIpc) is 3.41. The third kappa shape index (κ3) is 3.80. The van der Waals surface area contributed by atoms with E-state index in [0.29, 0.717) is 32.1 Å². The highest BCUT2D eigenvalue weighted by atomic mass is 19.1. The first kappa shape index (κ1) is 19.3. The third-order valence-electron chi connectivity index (χ3n) is 5.44. The Bertz CT molecular complexity index is 929. The maximum atomic E-state index is 14.7. The van der Waals surface area contributed by atoms with Crippen molar-refractivity contribution < 1.29 is 13.9 Å². The van der Waals surface area contributed by atoms with Crippen molar-refractivity contribution in [1.29, 1.82) is 0 Å². The van der Waals surface area contributed by atoms with Crippen molar-refractivity contribution in [2.45, 2.75) is 25.1 Å². The lowest BCUT2D eigenvalue weighted by Crippen LogP contribution is -2.57. The standard InChI is InChI=1S/C17H21F2N9O/c1-12(26-4-6-27(7-5-26)16-22-24-25-23-16)17(29,9-28-11-20-10-21-28)14-3-2-13(18)8-15(14)19/h2-3,8,10-12,29H,4-7,9H2,1H3,(H,22,23,24,25). The average molecular weight is 405 g/mol. The minimum absolute atomic E-state index is 0.0162. The molecule has 2 N–H and O–H groups in total. The molecule has 29 heavy (non-hydrogen) atoms. The minimum Gasteiger partial charge on any atom is -0.381 e. The molecular weight excluding hydrogens is 384 g/mol. The fourth-order valence-electron chi connectivity index (χ4n) is 3.75.